The molecule has 2 aromatic carbocycles. The topological polar surface area (TPSA) is 66.8 Å². The molecular formula is C21H19Cl2NO4. The average Bonchev–Trinajstić information content (AvgIpc) is 2.95. The predicted octanol–water partition coefficient (Wildman–Crippen LogP) is 4.83. The van der Waals surface area contributed by atoms with Crippen molar-refractivity contribution in [1.82, 2.24) is 4.90 Å². The summed E-state index contributed by atoms with van der Waals surface area (Å²) in [6, 6.07) is 10.8. The normalized spacial score (nSPS) is 18.6. The maximum absolute atomic E-state index is 12.8. The summed E-state index contributed by atoms with van der Waals surface area (Å²) in [5.41, 5.74) is 1.06. The lowest BCUT2D eigenvalue weighted by Crippen LogP contribution is -2.30. The van der Waals surface area contributed by atoms with Crippen molar-refractivity contribution < 1.29 is 19.4 Å². The van der Waals surface area contributed by atoms with Crippen molar-refractivity contribution in [2.24, 2.45) is 0 Å². The van der Waals surface area contributed by atoms with Gasteiger partial charge >= 0.3 is 0 Å². The van der Waals surface area contributed by atoms with Gasteiger partial charge in [0.25, 0.3) is 11.7 Å². The van der Waals surface area contributed by atoms with Crippen molar-refractivity contribution in [3.63, 3.8) is 0 Å². The van der Waals surface area contributed by atoms with Crippen LogP contribution >= 0.6 is 23.2 Å². The lowest BCUT2D eigenvalue weighted by atomic mass is 9.95. The van der Waals surface area contributed by atoms with Crippen LogP contribution in [0.5, 0.6) is 5.75 Å². The van der Waals surface area contributed by atoms with E-state index in [0.29, 0.717) is 39.9 Å². The van der Waals surface area contributed by atoms with Gasteiger partial charge in [0.1, 0.15) is 11.5 Å². The van der Waals surface area contributed by atoms with Gasteiger partial charge in [0.15, 0.2) is 0 Å². The number of aliphatic hydroxyl groups is 1. The zero-order chi connectivity index (χ0) is 20.4. The minimum absolute atomic E-state index is 0.0296. The fourth-order valence-corrected chi connectivity index (χ4v) is 3.59. The molecule has 146 valence electrons. The van der Waals surface area contributed by atoms with Crippen molar-refractivity contribution in [3.05, 3.63) is 69.2 Å². The number of halogens is 2. The van der Waals surface area contributed by atoms with Crippen LogP contribution in [-0.4, -0.2) is 35.4 Å². The number of carbonyl (C=O) groups is 2. The van der Waals surface area contributed by atoms with Crippen LogP contribution in [0.25, 0.3) is 5.76 Å². The lowest BCUT2D eigenvalue weighted by Gasteiger charge is -2.25. The SMILES string of the molecule is CCCN1C(=O)C(=O)/C(=C(\O)c2ccc(OC)cc2)C1c1ccc(Cl)c(Cl)c1. The molecule has 0 radical (unpaired) electrons. The number of benzene rings is 2. The molecule has 1 amide bonds. The van der Waals surface area contributed by atoms with E-state index in [0.717, 1.165) is 0 Å². The number of likely N-dealkylation sites (tertiary alicyclic amines) is 1. The van der Waals surface area contributed by atoms with E-state index < -0.39 is 17.7 Å². The summed E-state index contributed by atoms with van der Waals surface area (Å²) < 4.78 is 5.12. The van der Waals surface area contributed by atoms with Crippen molar-refractivity contribution in [1.29, 1.82) is 0 Å². The van der Waals surface area contributed by atoms with E-state index in [1.807, 2.05) is 6.92 Å². The molecule has 7 heteroatoms. The second-order valence-electron chi connectivity index (χ2n) is 6.39. The lowest BCUT2D eigenvalue weighted by molar-refractivity contribution is -0.139. The first-order chi connectivity index (χ1) is 13.4. The van der Waals surface area contributed by atoms with Gasteiger partial charge in [-0.15, -0.1) is 0 Å². The third kappa shape index (κ3) is 3.60. The number of methoxy groups -OCH3 is 1. The molecule has 3 rings (SSSR count). The van der Waals surface area contributed by atoms with E-state index in [9.17, 15) is 14.7 Å². The van der Waals surface area contributed by atoms with Gasteiger partial charge < -0.3 is 14.7 Å². The minimum atomic E-state index is -0.739. The number of Topliss-reactive ketones (excluding diaryl/α,β-unsaturated/α-hetero) is 1. The number of carbonyl (C=O) groups excluding carboxylic acids is 2. The molecule has 2 aromatic rings. The Morgan fingerprint density at radius 3 is 2.36 bits per heavy atom. The fourth-order valence-electron chi connectivity index (χ4n) is 3.28. The summed E-state index contributed by atoms with van der Waals surface area (Å²) in [6.45, 7) is 2.28. The molecule has 28 heavy (non-hydrogen) atoms. The second kappa shape index (κ2) is 8.25. The standard InChI is InChI=1S/C21H19Cl2NO4/c1-3-10-24-18(13-6-9-15(22)16(23)11-13)17(20(26)21(24)27)19(25)12-4-7-14(28-2)8-5-12/h4-9,11,18,25H,3,10H2,1-2H3/b19-17-. The molecule has 1 N–H and O–H groups in total. The van der Waals surface area contributed by atoms with E-state index >= 15 is 0 Å². The second-order valence-corrected chi connectivity index (χ2v) is 7.21. The third-order valence-electron chi connectivity index (χ3n) is 4.63. The van der Waals surface area contributed by atoms with Crippen LogP contribution in [-0.2, 0) is 9.59 Å². The van der Waals surface area contributed by atoms with Crippen LogP contribution in [0.1, 0.15) is 30.5 Å². The van der Waals surface area contributed by atoms with E-state index in [2.05, 4.69) is 0 Å². The minimum Gasteiger partial charge on any atom is -0.507 e. The Hall–Kier alpha value is -2.50. The molecule has 1 unspecified atom stereocenters. The van der Waals surface area contributed by atoms with Gasteiger partial charge in [-0.3, -0.25) is 9.59 Å². The predicted molar refractivity (Wildman–Crippen MR) is 109 cm³/mol. The van der Waals surface area contributed by atoms with Crippen LogP contribution in [0.15, 0.2) is 48.0 Å². The summed E-state index contributed by atoms with van der Waals surface area (Å²) in [6.07, 6.45) is 0.660. The molecule has 1 saturated heterocycles. The third-order valence-corrected chi connectivity index (χ3v) is 5.37. The van der Waals surface area contributed by atoms with Crippen molar-refractivity contribution in [2.45, 2.75) is 19.4 Å². The van der Waals surface area contributed by atoms with Gasteiger partial charge in [0.05, 0.1) is 28.8 Å². The van der Waals surface area contributed by atoms with Gasteiger partial charge in [-0.25, -0.2) is 0 Å². The Balaban J connectivity index is 2.17. The molecule has 0 saturated carbocycles. The molecule has 1 aliphatic heterocycles. The first-order valence-corrected chi connectivity index (χ1v) is 9.52. The maximum atomic E-state index is 12.8. The smallest absolute Gasteiger partial charge is 0.295 e. The summed E-state index contributed by atoms with van der Waals surface area (Å²) in [7, 11) is 1.54. The van der Waals surface area contributed by atoms with Gasteiger partial charge in [-0.05, 0) is 48.4 Å². The highest BCUT2D eigenvalue weighted by atomic mass is 35.5. The molecular weight excluding hydrogens is 401 g/mol. The molecule has 1 heterocycles. The summed E-state index contributed by atoms with van der Waals surface area (Å²) >= 11 is 12.2. The molecule has 1 fully saturated rings. The van der Waals surface area contributed by atoms with Crippen LogP contribution < -0.4 is 4.74 Å². The first-order valence-electron chi connectivity index (χ1n) is 8.76. The number of hydrogen-bond acceptors (Lipinski definition) is 4. The van der Waals surface area contributed by atoms with Crippen LogP contribution in [0.2, 0.25) is 10.0 Å². The van der Waals surface area contributed by atoms with Crippen molar-refractivity contribution in [3.8, 4) is 5.75 Å². The van der Waals surface area contributed by atoms with Gasteiger partial charge in [-0.2, -0.15) is 0 Å². The molecule has 0 bridgehead atoms. The summed E-state index contributed by atoms with van der Waals surface area (Å²) in [5.74, 6) is -0.995. The first kappa shape index (κ1) is 20.2. The number of nitrogens with zero attached hydrogens (tertiary/aromatic N) is 1. The quantitative estimate of drug-likeness (QED) is 0.427. The molecule has 1 atom stereocenters. The number of hydrogen-bond donors (Lipinski definition) is 1. The fraction of sp³-hybridized carbons (Fsp3) is 0.238. The summed E-state index contributed by atoms with van der Waals surface area (Å²) in [4.78, 5) is 26.9. The Kier molecular flexibility index (Phi) is 5.96. The monoisotopic (exact) mass is 419 g/mol. The Labute approximate surface area is 173 Å². The Bertz CT molecular complexity index is 953. The van der Waals surface area contributed by atoms with E-state index in [1.54, 1.807) is 42.5 Å². The van der Waals surface area contributed by atoms with E-state index in [1.165, 1.54) is 12.0 Å². The highest BCUT2D eigenvalue weighted by molar-refractivity contribution is 6.46. The number of ether oxygens (including phenoxy) is 1. The van der Waals surface area contributed by atoms with Gasteiger partial charge in [-0.1, -0.05) is 36.2 Å². The molecule has 0 aliphatic carbocycles. The summed E-state index contributed by atoms with van der Waals surface area (Å²) in [5, 5.41) is 11.6. The average molecular weight is 420 g/mol. The largest absolute Gasteiger partial charge is 0.507 e. The van der Waals surface area contributed by atoms with Crippen molar-refractivity contribution >= 4 is 40.7 Å². The number of ketones is 1. The molecule has 0 spiro atoms. The number of amides is 1. The number of aliphatic hydroxyl groups excluding tert-OH is 1. The molecule has 1 aliphatic rings. The highest BCUT2D eigenvalue weighted by Gasteiger charge is 2.45. The van der Waals surface area contributed by atoms with E-state index in [-0.39, 0.29) is 11.3 Å². The van der Waals surface area contributed by atoms with Crippen LogP contribution in [0, 0.1) is 0 Å². The highest BCUT2D eigenvalue weighted by Crippen LogP contribution is 2.41. The van der Waals surface area contributed by atoms with E-state index in [4.69, 9.17) is 27.9 Å². The maximum Gasteiger partial charge on any atom is 0.295 e. The Morgan fingerprint density at radius 2 is 1.79 bits per heavy atom. The number of rotatable bonds is 5. The molecule has 5 nitrogen and oxygen atoms in total. The van der Waals surface area contributed by atoms with Crippen molar-refractivity contribution in [2.75, 3.05) is 13.7 Å². The molecule has 0 aromatic heterocycles. The zero-order valence-electron chi connectivity index (χ0n) is 15.4. The Morgan fingerprint density at radius 1 is 1.11 bits per heavy atom. The van der Waals surface area contributed by atoms with Crippen LogP contribution in [0.3, 0.4) is 0 Å². The zero-order valence-corrected chi connectivity index (χ0v) is 16.9. The van der Waals surface area contributed by atoms with Gasteiger partial charge in [0.2, 0.25) is 0 Å². The van der Waals surface area contributed by atoms with Gasteiger partial charge in [0, 0.05) is 12.1 Å². The van der Waals surface area contributed by atoms with Crippen LogP contribution in [0.4, 0.5) is 0 Å².